The number of rotatable bonds is 7. The summed E-state index contributed by atoms with van der Waals surface area (Å²) in [7, 11) is 0. The molecular weight excluding hydrogens is 366 g/mol. The molecule has 0 bridgehead atoms. The van der Waals surface area contributed by atoms with Gasteiger partial charge in [-0.3, -0.25) is 4.79 Å². The maximum absolute atomic E-state index is 13.2. The van der Waals surface area contributed by atoms with Gasteiger partial charge < -0.3 is 19.7 Å². The van der Waals surface area contributed by atoms with Gasteiger partial charge in [0.25, 0.3) is 5.91 Å². The van der Waals surface area contributed by atoms with Gasteiger partial charge in [-0.25, -0.2) is 0 Å². The molecule has 5 nitrogen and oxygen atoms in total. The van der Waals surface area contributed by atoms with Crippen LogP contribution in [-0.4, -0.2) is 30.1 Å². The summed E-state index contributed by atoms with van der Waals surface area (Å²) in [6.07, 6.45) is 0.328. The molecule has 7 heteroatoms. The number of nitrogens with zero attached hydrogens (tertiary/aromatic N) is 1. The topological polar surface area (TPSA) is 50.8 Å². The Bertz CT molecular complexity index is 844. The fourth-order valence-corrected chi connectivity index (χ4v) is 3.32. The number of benzene rings is 2. The highest BCUT2D eigenvalue weighted by atomic mass is 19.3. The highest BCUT2D eigenvalue weighted by Crippen LogP contribution is 2.38. The molecule has 0 unspecified atom stereocenters. The second kappa shape index (κ2) is 8.46. The molecule has 0 aliphatic carbocycles. The molecule has 3 rings (SSSR count). The van der Waals surface area contributed by atoms with E-state index in [0.29, 0.717) is 12.2 Å². The largest absolute Gasteiger partial charge is 0.490 e. The minimum absolute atomic E-state index is 0.0223. The van der Waals surface area contributed by atoms with Crippen LogP contribution in [0.4, 0.5) is 14.5 Å². The minimum Gasteiger partial charge on any atom is -0.490 e. The molecule has 2 aromatic rings. The SMILES string of the molecule is CCOc1cc([C@@H]2Nc3ccccc3C(=O)N2[C@H](C)CC)ccc1OC(F)F. The first kappa shape index (κ1) is 19.9. The predicted octanol–water partition coefficient (Wildman–Crippen LogP) is 5.05. The fraction of sp³-hybridized carbons (Fsp3) is 0.381. The highest BCUT2D eigenvalue weighted by Gasteiger charge is 2.35. The van der Waals surface area contributed by atoms with Crippen molar-refractivity contribution >= 4 is 11.6 Å². The Morgan fingerprint density at radius 1 is 1.14 bits per heavy atom. The summed E-state index contributed by atoms with van der Waals surface area (Å²) in [5, 5.41) is 3.40. The Balaban J connectivity index is 2.04. The van der Waals surface area contributed by atoms with E-state index in [1.165, 1.54) is 6.07 Å². The molecule has 0 spiro atoms. The van der Waals surface area contributed by atoms with Crippen molar-refractivity contribution in [3.8, 4) is 11.5 Å². The highest BCUT2D eigenvalue weighted by molar-refractivity contribution is 6.01. The van der Waals surface area contributed by atoms with Crippen LogP contribution in [0.25, 0.3) is 0 Å². The number of halogens is 2. The van der Waals surface area contributed by atoms with Gasteiger partial charge in [0.15, 0.2) is 11.5 Å². The number of fused-ring (bicyclic) bond motifs is 1. The van der Waals surface area contributed by atoms with Gasteiger partial charge in [0, 0.05) is 11.7 Å². The molecule has 150 valence electrons. The molecule has 0 radical (unpaired) electrons. The predicted molar refractivity (Wildman–Crippen MR) is 103 cm³/mol. The standard InChI is InChI=1S/C21H24F2N2O3/c1-4-13(3)25-19(24-16-9-7-6-8-15(16)20(25)26)14-10-11-17(28-21(22)23)18(12-14)27-5-2/h6-13,19,21,24H,4-5H2,1-3H3/t13-,19-/m1/s1. The molecule has 0 saturated heterocycles. The van der Waals surface area contributed by atoms with Crippen LogP contribution in [0, 0.1) is 0 Å². The Hall–Kier alpha value is -2.83. The van der Waals surface area contributed by atoms with E-state index < -0.39 is 12.8 Å². The third-order valence-electron chi connectivity index (χ3n) is 4.83. The number of nitrogens with one attached hydrogen (secondary N) is 1. The van der Waals surface area contributed by atoms with E-state index in [-0.39, 0.29) is 23.4 Å². The fourth-order valence-electron chi connectivity index (χ4n) is 3.32. The Labute approximate surface area is 163 Å². The molecule has 2 atom stereocenters. The number of anilines is 1. The summed E-state index contributed by atoms with van der Waals surface area (Å²) >= 11 is 0. The first-order chi connectivity index (χ1) is 13.5. The van der Waals surface area contributed by atoms with Crippen molar-refractivity contribution in [2.75, 3.05) is 11.9 Å². The molecule has 1 aliphatic heterocycles. The Morgan fingerprint density at radius 3 is 2.57 bits per heavy atom. The van der Waals surface area contributed by atoms with E-state index in [0.717, 1.165) is 17.7 Å². The first-order valence-corrected chi connectivity index (χ1v) is 9.36. The molecule has 28 heavy (non-hydrogen) atoms. The summed E-state index contributed by atoms with van der Waals surface area (Å²) in [6, 6.07) is 12.1. The van der Waals surface area contributed by atoms with Crippen LogP contribution in [0.1, 0.15) is 49.3 Å². The van der Waals surface area contributed by atoms with Crippen LogP contribution in [0.5, 0.6) is 11.5 Å². The van der Waals surface area contributed by atoms with E-state index in [1.807, 2.05) is 32.0 Å². The Morgan fingerprint density at radius 2 is 1.89 bits per heavy atom. The number of carbonyl (C=O) groups is 1. The number of para-hydroxylation sites is 1. The van der Waals surface area contributed by atoms with Crippen molar-refractivity contribution in [3.05, 3.63) is 53.6 Å². The van der Waals surface area contributed by atoms with Gasteiger partial charge >= 0.3 is 6.61 Å². The first-order valence-electron chi connectivity index (χ1n) is 9.36. The van der Waals surface area contributed by atoms with Crippen LogP contribution >= 0.6 is 0 Å². The van der Waals surface area contributed by atoms with Gasteiger partial charge in [0.2, 0.25) is 0 Å². The number of alkyl halides is 2. The molecular formula is C21H24F2N2O3. The second-order valence-corrected chi connectivity index (χ2v) is 6.58. The van der Waals surface area contributed by atoms with Crippen LogP contribution in [-0.2, 0) is 0 Å². The summed E-state index contributed by atoms with van der Waals surface area (Å²) in [4.78, 5) is 14.9. The summed E-state index contributed by atoms with van der Waals surface area (Å²) in [5.74, 6) is 0.121. The van der Waals surface area contributed by atoms with E-state index in [2.05, 4.69) is 10.1 Å². The average molecular weight is 390 g/mol. The number of ether oxygens (including phenoxy) is 2. The van der Waals surface area contributed by atoms with E-state index in [9.17, 15) is 13.6 Å². The lowest BCUT2D eigenvalue weighted by Crippen LogP contribution is -2.47. The summed E-state index contributed by atoms with van der Waals surface area (Å²) < 4.78 is 35.4. The van der Waals surface area contributed by atoms with Crippen molar-refractivity contribution in [1.82, 2.24) is 4.90 Å². The van der Waals surface area contributed by atoms with E-state index in [4.69, 9.17) is 4.74 Å². The quantitative estimate of drug-likeness (QED) is 0.719. The van der Waals surface area contributed by atoms with Crippen molar-refractivity contribution < 1.29 is 23.0 Å². The van der Waals surface area contributed by atoms with Gasteiger partial charge in [-0.2, -0.15) is 8.78 Å². The zero-order valence-corrected chi connectivity index (χ0v) is 16.1. The van der Waals surface area contributed by atoms with Gasteiger partial charge in [-0.05, 0) is 50.1 Å². The van der Waals surface area contributed by atoms with Crippen molar-refractivity contribution in [3.63, 3.8) is 0 Å². The van der Waals surface area contributed by atoms with Gasteiger partial charge in [-0.15, -0.1) is 0 Å². The Kier molecular flexibility index (Phi) is 6.02. The molecule has 2 aromatic carbocycles. The molecule has 1 amide bonds. The monoisotopic (exact) mass is 390 g/mol. The summed E-state index contributed by atoms with van der Waals surface area (Å²) in [5.41, 5.74) is 2.08. The van der Waals surface area contributed by atoms with Crippen LogP contribution in [0.3, 0.4) is 0 Å². The van der Waals surface area contributed by atoms with E-state index >= 15 is 0 Å². The normalized spacial score (nSPS) is 17.1. The van der Waals surface area contributed by atoms with Crippen LogP contribution in [0.2, 0.25) is 0 Å². The van der Waals surface area contributed by atoms with E-state index in [1.54, 1.807) is 30.0 Å². The molecule has 1 aliphatic rings. The lowest BCUT2D eigenvalue weighted by molar-refractivity contribution is -0.0514. The molecule has 1 N–H and O–H groups in total. The van der Waals surface area contributed by atoms with Gasteiger partial charge in [-0.1, -0.05) is 25.1 Å². The zero-order valence-electron chi connectivity index (χ0n) is 16.1. The smallest absolute Gasteiger partial charge is 0.387 e. The van der Waals surface area contributed by atoms with Crippen molar-refractivity contribution in [2.24, 2.45) is 0 Å². The lowest BCUT2D eigenvalue weighted by atomic mass is 10.0. The molecule has 1 heterocycles. The number of amides is 1. The molecule has 0 saturated carbocycles. The second-order valence-electron chi connectivity index (χ2n) is 6.58. The van der Waals surface area contributed by atoms with Crippen LogP contribution < -0.4 is 14.8 Å². The maximum atomic E-state index is 13.2. The van der Waals surface area contributed by atoms with Crippen LogP contribution in [0.15, 0.2) is 42.5 Å². The lowest BCUT2D eigenvalue weighted by Gasteiger charge is -2.41. The third-order valence-corrected chi connectivity index (χ3v) is 4.83. The van der Waals surface area contributed by atoms with Gasteiger partial charge in [0.1, 0.15) is 6.17 Å². The number of carbonyl (C=O) groups excluding carboxylic acids is 1. The minimum atomic E-state index is -2.94. The van der Waals surface area contributed by atoms with Crippen molar-refractivity contribution in [2.45, 2.75) is 46.0 Å². The van der Waals surface area contributed by atoms with Crippen molar-refractivity contribution in [1.29, 1.82) is 0 Å². The zero-order chi connectivity index (χ0) is 20.3. The maximum Gasteiger partial charge on any atom is 0.387 e. The molecule has 0 aromatic heterocycles. The van der Waals surface area contributed by atoms with Gasteiger partial charge in [0.05, 0.1) is 12.2 Å². The molecule has 0 fully saturated rings. The summed E-state index contributed by atoms with van der Waals surface area (Å²) in [6.45, 7) is 3.13. The number of hydrogen-bond donors (Lipinski definition) is 1. The number of hydrogen-bond acceptors (Lipinski definition) is 4. The third kappa shape index (κ3) is 3.88. The average Bonchev–Trinajstić information content (AvgIpc) is 2.68.